The van der Waals surface area contributed by atoms with Crippen molar-refractivity contribution in [3.8, 4) is 0 Å². The van der Waals surface area contributed by atoms with E-state index >= 15 is 0 Å². The van der Waals surface area contributed by atoms with Crippen LogP contribution in [0.4, 0.5) is 4.79 Å². The standard InChI is InChI=1S/C10H17N3O/c1-3-10(4-2)8(11)12-9(14)13(10)7-5-6-7/h7H,3-6H2,1-2H3,(H2,11,12,14). The second-order valence-electron chi connectivity index (χ2n) is 4.12. The van der Waals surface area contributed by atoms with Crippen molar-refractivity contribution in [2.45, 2.75) is 51.1 Å². The number of aliphatic imine (C=N–C) groups is 1. The first-order valence-corrected chi connectivity index (χ1v) is 5.33. The number of hydrogen-bond acceptors (Lipinski definition) is 2. The summed E-state index contributed by atoms with van der Waals surface area (Å²) in [4.78, 5) is 17.5. The van der Waals surface area contributed by atoms with E-state index in [1.54, 1.807) is 0 Å². The monoisotopic (exact) mass is 195 g/mol. The van der Waals surface area contributed by atoms with E-state index in [1.165, 1.54) is 0 Å². The zero-order valence-electron chi connectivity index (χ0n) is 8.79. The minimum Gasteiger partial charge on any atom is -0.385 e. The molecule has 0 atom stereocenters. The summed E-state index contributed by atoms with van der Waals surface area (Å²) in [5.74, 6) is 0.513. The van der Waals surface area contributed by atoms with Gasteiger partial charge in [-0.15, -0.1) is 0 Å². The Kier molecular flexibility index (Phi) is 2.01. The molecule has 1 fully saturated rings. The minimum absolute atomic E-state index is 0.131. The van der Waals surface area contributed by atoms with Crippen LogP contribution >= 0.6 is 0 Å². The zero-order valence-corrected chi connectivity index (χ0v) is 8.79. The van der Waals surface area contributed by atoms with Crippen LogP contribution in [0.15, 0.2) is 4.99 Å². The molecule has 2 rings (SSSR count). The molecule has 1 aliphatic heterocycles. The minimum atomic E-state index is -0.280. The van der Waals surface area contributed by atoms with Crippen molar-refractivity contribution in [2.24, 2.45) is 10.7 Å². The first kappa shape index (κ1) is 9.49. The highest BCUT2D eigenvalue weighted by Crippen LogP contribution is 2.39. The van der Waals surface area contributed by atoms with Gasteiger partial charge < -0.3 is 10.6 Å². The largest absolute Gasteiger partial charge is 0.385 e. The van der Waals surface area contributed by atoms with E-state index in [9.17, 15) is 4.79 Å². The second-order valence-corrected chi connectivity index (χ2v) is 4.12. The molecule has 14 heavy (non-hydrogen) atoms. The molecule has 4 nitrogen and oxygen atoms in total. The molecule has 1 aliphatic carbocycles. The van der Waals surface area contributed by atoms with Gasteiger partial charge in [0.1, 0.15) is 11.4 Å². The molecule has 0 aromatic heterocycles. The van der Waals surface area contributed by atoms with Crippen LogP contribution in [0.3, 0.4) is 0 Å². The maximum atomic E-state index is 11.7. The number of urea groups is 1. The third-order valence-corrected chi connectivity index (χ3v) is 3.44. The molecule has 0 bridgehead atoms. The van der Waals surface area contributed by atoms with Gasteiger partial charge in [0.25, 0.3) is 0 Å². The van der Waals surface area contributed by atoms with Crippen molar-refractivity contribution in [3.63, 3.8) is 0 Å². The fraction of sp³-hybridized carbons (Fsp3) is 0.800. The van der Waals surface area contributed by atoms with Gasteiger partial charge in [0.2, 0.25) is 0 Å². The SMILES string of the molecule is CCC1(CC)C(N)=NC(=O)N1C1CC1. The maximum Gasteiger partial charge on any atom is 0.346 e. The molecule has 4 heteroatoms. The van der Waals surface area contributed by atoms with Crippen molar-refractivity contribution in [1.29, 1.82) is 0 Å². The summed E-state index contributed by atoms with van der Waals surface area (Å²) in [5.41, 5.74) is 5.59. The Morgan fingerprint density at radius 3 is 2.50 bits per heavy atom. The lowest BCUT2D eigenvalue weighted by Crippen LogP contribution is -2.54. The van der Waals surface area contributed by atoms with Crippen molar-refractivity contribution in [3.05, 3.63) is 0 Å². The summed E-state index contributed by atoms with van der Waals surface area (Å²) in [6.07, 6.45) is 3.94. The lowest BCUT2D eigenvalue weighted by molar-refractivity contribution is 0.159. The Bertz CT molecular complexity index is 290. The van der Waals surface area contributed by atoms with Gasteiger partial charge in [0.15, 0.2) is 0 Å². The number of rotatable bonds is 3. The molecular formula is C10H17N3O. The van der Waals surface area contributed by atoms with Crippen LogP contribution in [0.2, 0.25) is 0 Å². The number of carbonyl (C=O) groups is 1. The summed E-state index contributed by atoms with van der Waals surface area (Å²) in [7, 11) is 0. The Morgan fingerprint density at radius 1 is 1.50 bits per heavy atom. The summed E-state index contributed by atoms with van der Waals surface area (Å²) >= 11 is 0. The molecule has 0 spiro atoms. The van der Waals surface area contributed by atoms with E-state index < -0.39 is 0 Å². The first-order chi connectivity index (χ1) is 6.65. The van der Waals surface area contributed by atoms with Gasteiger partial charge in [-0.05, 0) is 25.7 Å². The van der Waals surface area contributed by atoms with E-state index in [1.807, 2.05) is 4.90 Å². The normalized spacial score (nSPS) is 25.4. The van der Waals surface area contributed by atoms with Gasteiger partial charge >= 0.3 is 6.03 Å². The Labute approximate surface area is 84.2 Å². The number of carbonyl (C=O) groups excluding carboxylic acids is 1. The average Bonchev–Trinajstić information content (AvgIpc) is 2.93. The predicted molar refractivity (Wildman–Crippen MR) is 55.2 cm³/mol. The summed E-state index contributed by atoms with van der Waals surface area (Å²) < 4.78 is 0. The van der Waals surface area contributed by atoms with Crippen LogP contribution in [-0.2, 0) is 0 Å². The van der Waals surface area contributed by atoms with E-state index in [-0.39, 0.29) is 11.6 Å². The Morgan fingerprint density at radius 2 is 2.07 bits per heavy atom. The van der Waals surface area contributed by atoms with Crippen LogP contribution in [-0.4, -0.2) is 28.3 Å². The molecule has 0 radical (unpaired) electrons. The highest BCUT2D eigenvalue weighted by atomic mass is 16.2. The Balaban J connectivity index is 2.34. The molecule has 0 unspecified atom stereocenters. The van der Waals surface area contributed by atoms with E-state index in [0.29, 0.717) is 11.9 Å². The lowest BCUT2D eigenvalue weighted by atomic mass is 9.90. The fourth-order valence-corrected chi connectivity index (χ4v) is 2.36. The highest BCUT2D eigenvalue weighted by Gasteiger charge is 2.51. The number of amidine groups is 1. The van der Waals surface area contributed by atoms with Gasteiger partial charge in [-0.25, -0.2) is 4.79 Å². The smallest absolute Gasteiger partial charge is 0.346 e. The average molecular weight is 195 g/mol. The summed E-state index contributed by atoms with van der Waals surface area (Å²) in [5, 5.41) is 0. The van der Waals surface area contributed by atoms with Crippen molar-refractivity contribution in [2.75, 3.05) is 0 Å². The van der Waals surface area contributed by atoms with Crippen LogP contribution in [0.1, 0.15) is 39.5 Å². The van der Waals surface area contributed by atoms with E-state index in [0.717, 1.165) is 25.7 Å². The van der Waals surface area contributed by atoms with Gasteiger partial charge in [0, 0.05) is 6.04 Å². The van der Waals surface area contributed by atoms with Gasteiger partial charge in [-0.2, -0.15) is 4.99 Å². The van der Waals surface area contributed by atoms with E-state index in [4.69, 9.17) is 5.73 Å². The predicted octanol–water partition coefficient (Wildman–Crippen LogP) is 1.50. The van der Waals surface area contributed by atoms with Crippen molar-refractivity contribution < 1.29 is 4.79 Å². The number of hydrogen-bond donors (Lipinski definition) is 1. The summed E-state index contributed by atoms with van der Waals surface area (Å²) in [6.45, 7) is 4.14. The zero-order chi connectivity index (χ0) is 10.3. The van der Waals surface area contributed by atoms with Crippen LogP contribution < -0.4 is 5.73 Å². The number of nitrogens with two attached hydrogens (primary N) is 1. The maximum absolute atomic E-state index is 11.7. The molecule has 2 N–H and O–H groups in total. The van der Waals surface area contributed by atoms with Crippen LogP contribution in [0.25, 0.3) is 0 Å². The molecular weight excluding hydrogens is 178 g/mol. The molecule has 0 aromatic rings. The van der Waals surface area contributed by atoms with Gasteiger partial charge in [-0.1, -0.05) is 13.8 Å². The second kappa shape index (κ2) is 2.97. The highest BCUT2D eigenvalue weighted by molar-refractivity contribution is 6.06. The van der Waals surface area contributed by atoms with Crippen LogP contribution in [0, 0.1) is 0 Å². The molecule has 2 aliphatic rings. The van der Waals surface area contributed by atoms with Crippen molar-refractivity contribution >= 4 is 11.9 Å². The molecule has 0 saturated heterocycles. The quantitative estimate of drug-likeness (QED) is 0.741. The molecule has 1 saturated carbocycles. The third-order valence-electron chi connectivity index (χ3n) is 3.44. The summed E-state index contributed by atoms with van der Waals surface area (Å²) in [6, 6.07) is 0.265. The van der Waals surface area contributed by atoms with Crippen LogP contribution in [0.5, 0.6) is 0 Å². The molecule has 2 amide bonds. The van der Waals surface area contributed by atoms with Gasteiger partial charge in [-0.3, -0.25) is 0 Å². The molecule has 0 aromatic carbocycles. The third kappa shape index (κ3) is 1.06. The van der Waals surface area contributed by atoms with Gasteiger partial charge in [0.05, 0.1) is 0 Å². The molecule has 78 valence electrons. The van der Waals surface area contributed by atoms with E-state index in [2.05, 4.69) is 18.8 Å². The first-order valence-electron chi connectivity index (χ1n) is 5.33. The molecule has 1 heterocycles. The lowest BCUT2D eigenvalue weighted by Gasteiger charge is -2.36. The van der Waals surface area contributed by atoms with Crippen molar-refractivity contribution in [1.82, 2.24) is 4.90 Å². The number of nitrogens with zero attached hydrogens (tertiary/aromatic N) is 2. The fourth-order valence-electron chi connectivity index (χ4n) is 2.36. The number of amides is 2. The Hall–Kier alpha value is -1.06. The topological polar surface area (TPSA) is 58.7 Å².